The molecule has 0 unspecified atom stereocenters. The molecule has 116 valence electrons. The van der Waals surface area contributed by atoms with Crippen molar-refractivity contribution in [1.82, 2.24) is 10.2 Å². The Bertz CT molecular complexity index is 636. The van der Waals surface area contributed by atoms with Crippen LogP contribution < -0.4 is 5.32 Å². The van der Waals surface area contributed by atoms with Gasteiger partial charge < -0.3 is 9.15 Å². The van der Waals surface area contributed by atoms with Crippen LogP contribution in [-0.4, -0.2) is 28.5 Å². The van der Waals surface area contributed by atoms with Crippen molar-refractivity contribution in [1.29, 1.82) is 0 Å². The molecule has 3 rings (SSSR count). The van der Waals surface area contributed by atoms with E-state index in [0.29, 0.717) is 18.3 Å². The third-order valence-corrected chi connectivity index (χ3v) is 4.30. The summed E-state index contributed by atoms with van der Waals surface area (Å²) in [6.07, 6.45) is 1.72. The number of nitrogens with one attached hydrogen (secondary N) is 1. The zero-order valence-electron chi connectivity index (χ0n) is 12.2. The molecule has 1 aliphatic heterocycles. The van der Waals surface area contributed by atoms with Gasteiger partial charge in [-0.1, -0.05) is 22.8 Å². The van der Waals surface area contributed by atoms with Gasteiger partial charge in [0.15, 0.2) is 0 Å². The van der Waals surface area contributed by atoms with E-state index in [9.17, 15) is 4.79 Å². The van der Waals surface area contributed by atoms with Crippen LogP contribution in [0.25, 0.3) is 0 Å². The molecular formula is C15H17N3O3S. The van der Waals surface area contributed by atoms with Gasteiger partial charge in [0.25, 0.3) is 0 Å². The summed E-state index contributed by atoms with van der Waals surface area (Å²) in [5, 5.41) is 10.4. The van der Waals surface area contributed by atoms with Gasteiger partial charge in [-0.3, -0.25) is 10.1 Å². The average Bonchev–Trinajstić information content (AvgIpc) is 3.17. The molecule has 0 spiro atoms. The normalized spacial score (nSPS) is 17.6. The van der Waals surface area contributed by atoms with E-state index in [1.165, 1.54) is 17.3 Å². The van der Waals surface area contributed by atoms with Crippen molar-refractivity contribution in [2.24, 2.45) is 0 Å². The molecule has 0 saturated carbocycles. The predicted molar refractivity (Wildman–Crippen MR) is 82.8 cm³/mol. The second-order valence-corrected chi connectivity index (χ2v) is 6.15. The first-order chi connectivity index (χ1) is 10.7. The van der Waals surface area contributed by atoms with E-state index in [1.54, 1.807) is 0 Å². The third-order valence-electron chi connectivity index (χ3n) is 3.28. The maximum absolute atomic E-state index is 11.9. The minimum absolute atomic E-state index is 0.125. The predicted octanol–water partition coefficient (Wildman–Crippen LogP) is 2.96. The number of amides is 1. The van der Waals surface area contributed by atoms with Crippen molar-refractivity contribution in [3.8, 4) is 0 Å². The smallest absolute Gasteiger partial charge is 0.322 e. The van der Waals surface area contributed by atoms with Gasteiger partial charge in [0.05, 0.1) is 5.75 Å². The quantitative estimate of drug-likeness (QED) is 0.854. The molecule has 0 aliphatic carbocycles. The standard InChI is InChI=1S/C15H17N3O3S/c1-10-4-6-11(7-5-10)22-9-13(19)16-15-18-17-14(21-15)12-3-2-8-20-12/h4-7,12H,2-3,8-9H2,1H3,(H,16,18,19)/t12-/m1/s1. The van der Waals surface area contributed by atoms with Crippen LogP contribution in [0.1, 0.15) is 30.4 Å². The molecule has 22 heavy (non-hydrogen) atoms. The fraction of sp³-hybridized carbons (Fsp3) is 0.400. The van der Waals surface area contributed by atoms with Crippen LogP contribution in [0.2, 0.25) is 0 Å². The summed E-state index contributed by atoms with van der Waals surface area (Å²) in [6.45, 7) is 2.74. The van der Waals surface area contributed by atoms with Crippen molar-refractivity contribution in [3.05, 3.63) is 35.7 Å². The summed E-state index contributed by atoms with van der Waals surface area (Å²) in [6, 6.07) is 8.16. The summed E-state index contributed by atoms with van der Waals surface area (Å²) in [4.78, 5) is 12.9. The first-order valence-electron chi connectivity index (χ1n) is 7.15. The number of carbonyl (C=O) groups is 1. The molecule has 7 heteroatoms. The molecule has 1 aliphatic rings. The number of aromatic nitrogens is 2. The number of hydrogen-bond acceptors (Lipinski definition) is 6. The second kappa shape index (κ2) is 6.93. The molecule has 1 saturated heterocycles. The van der Waals surface area contributed by atoms with Crippen LogP contribution in [0.4, 0.5) is 6.01 Å². The Balaban J connectivity index is 1.50. The Morgan fingerprint density at radius 1 is 1.36 bits per heavy atom. The number of rotatable bonds is 5. The van der Waals surface area contributed by atoms with Gasteiger partial charge >= 0.3 is 6.01 Å². The molecule has 2 heterocycles. The van der Waals surface area contributed by atoms with Gasteiger partial charge in [-0.2, -0.15) is 0 Å². The SMILES string of the molecule is Cc1ccc(SCC(=O)Nc2nnc([C@H]3CCCO3)o2)cc1. The molecule has 6 nitrogen and oxygen atoms in total. The molecule has 0 bridgehead atoms. The van der Waals surface area contributed by atoms with Crippen LogP contribution in [0, 0.1) is 6.92 Å². The van der Waals surface area contributed by atoms with Crippen LogP contribution in [-0.2, 0) is 9.53 Å². The maximum Gasteiger partial charge on any atom is 0.322 e. The minimum Gasteiger partial charge on any atom is -0.405 e. The van der Waals surface area contributed by atoms with Gasteiger partial charge in [0.1, 0.15) is 6.10 Å². The fourth-order valence-electron chi connectivity index (χ4n) is 2.13. The molecule has 1 aromatic carbocycles. The molecule has 1 amide bonds. The topological polar surface area (TPSA) is 77.2 Å². The fourth-order valence-corrected chi connectivity index (χ4v) is 2.82. The summed E-state index contributed by atoms with van der Waals surface area (Å²) in [7, 11) is 0. The summed E-state index contributed by atoms with van der Waals surface area (Å²) in [5.41, 5.74) is 1.20. The maximum atomic E-state index is 11.9. The highest BCUT2D eigenvalue weighted by Gasteiger charge is 2.23. The molecule has 1 atom stereocenters. The number of benzene rings is 1. The highest BCUT2D eigenvalue weighted by molar-refractivity contribution is 8.00. The summed E-state index contributed by atoms with van der Waals surface area (Å²) < 4.78 is 10.9. The zero-order chi connectivity index (χ0) is 15.4. The average molecular weight is 319 g/mol. The van der Waals surface area contributed by atoms with Crippen LogP contribution in [0.3, 0.4) is 0 Å². The lowest BCUT2D eigenvalue weighted by Gasteiger charge is -2.03. The number of aryl methyl sites for hydroxylation is 1. The number of ether oxygens (including phenoxy) is 1. The van der Waals surface area contributed by atoms with Crippen molar-refractivity contribution >= 4 is 23.7 Å². The van der Waals surface area contributed by atoms with Gasteiger partial charge in [-0.15, -0.1) is 16.9 Å². The number of nitrogens with zero attached hydrogens (tertiary/aromatic N) is 2. The number of anilines is 1. The minimum atomic E-state index is -0.173. The zero-order valence-corrected chi connectivity index (χ0v) is 13.1. The van der Waals surface area contributed by atoms with E-state index in [-0.39, 0.29) is 18.0 Å². The Morgan fingerprint density at radius 2 is 2.18 bits per heavy atom. The summed E-state index contributed by atoms with van der Waals surface area (Å²) >= 11 is 1.46. The van der Waals surface area contributed by atoms with Crippen LogP contribution >= 0.6 is 11.8 Å². The van der Waals surface area contributed by atoms with E-state index < -0.39 is 0 Å². The largest absolute Gasteiger partial charge is 0.405 e. The highest BCUT2D eigenvalue weighted by atomic mass is 32.2. The Hall–Kier alpha value is -1.86. The van der Waals surface area contributed by atoms with E-state index in [2.05, 4.69) is 15.5 Å². The second-order valence-electron chi connectivity index (χ2n) is 5.10. The number of hydrogen-bond donors (Lipinski definition) is 1. The molecule has 1 fully saturated rings. The first kappa shape index (κ1) is 15.1. The van der Waals surface area contributed by atoms with Crippen molar-refractivity contribution < 1.29 is 13.9 Å². The van der Waals surface area contributed by atoms with E-state index in [0.717, 1.165) is 17.7 Å². The molecular weight excluding hydrogens is 302 g/mol. The first-order valence-corrected chi connectivity index (χ1v) is 8.13. The summed E-state index contributed by atoms with van der Waals surface area (Å²) in [5.74, 6) is 0.549. The monoisotopic (exact) mass is 319 g/mol. The number of thioether (sulfide) groups is 1. The molecule has 2 aromatic rings. The Labute approximate surface area is 132 Å². The van der Waals surface area contributed by atoms with Gasteiger partial charge in [0.2, 0.25) is 11.8 Å². The van der Waals surface area contributed by atoms with E-state index in [4.69, 9.17) is 9.15 Å². The van der Waals surface area contributed by atoms with Crippen LogP contribution in [0.5, 0.6) is 0 Å². The van der Waals surface area contributed by atoms with Gasteiger partial charge in [-0.05, 0) is 31.9 Å². The molecule has 1 aromatic heterocycles. The van der Waals surface area contributed by atoms with Gasteiger partial charge in [-0.25, -0.2) is 0 Å². The molecule has 0 radical (unpaired) electrons. The Morgan fingerprint density at radius 3 is 2.91 bits per heavy atom. The van der Waals surface area contributed by atoms with Crippen molar-refractivity contribution in [3.63, 3.8) is 0 Å². The Kier molecular flexibility index (Phi) is 4.74. The van der Waals surface area contributed by atoms with Crippen molar-refractivity contribution in [2.75, 3.05) is 17.7 Å². The lowest BCUT2D eigenvalue weighted by molar-refractivity contribution is -0.113. The highest BCUT2D eigenvalue weighted by Crippen LogP contribution is 2.28. The lowest BCUT2D eigenvalue weighted by Crippen LogP contribution is -2.14. The molecule has 1 N–H and O–H groups in total. The lowest BCUT2D eigenvalue weighted by atomic mass is 10.2. The van der Waals surface area contributed by atoms with E-state index >= 15 is 0 Å². The number of carbonyl (C=O) groups excluding carboxylic acids is 1. The third kappa shape index (κ3) is 3.86. The van der Waals surface area contributed by atoms with Gasteiger partial charge in [0, 0.05) is 11.5 Å². The van der Waals surface area contributed by atoms with Crippen molar-refractivity contribution in [2.45, 2.75) is 30.8 Å². The van der Waals surface area contributed by atoms with E-state index in [1.807, 2.05) is 31.2 Å². The van der Waals surface area contributed by atoms with Crippen LogP contribution in [0.15, 0.2) is 33.6 Å².